The fourth-order valence-electron chi connectivity index (χ4n) is 7.31. The van der Waals surface area contributed by atoms with Crippen molar-refractivity contribution in [3.63, 3.8) is 0 Å². The molecule has 1 aromatic carbocycles. The van der Waals surface area contributed by atoms with Crippen LogP contribution in [0.15, 0.2) is 42.9 Å². The highest BCUT2D eigenvalue weighted by Gasteiger charge is 2.37. The molecule has 2 saturated carbocycles. The maximum Gasteiger partial charge on any atom is 0.223 e. The Morgan fingerprint density at radius 3 is 2.27 bits per heavy atom. The highest BCUT2D eigenvalue weighted by molar-refractivity contribution is 5.84. The van der Waals surface area contributed by atoms with Gasteiger partial charge in [-0.15, -0.1) is 0 Å². The van der Waals surface area contributed by atoms with Crippen molar-refractivity contribution in [3.05, 3.63) is 54.1 Å². The lowest BCUT2D eigenvalue weighted by molar-refractivity contribution is -0.145. The van der Waals surface area contributed by atoms with Gasteiger partial charge in [0.1, 0.15) is 6.10 Å². The first kappa shape index (κ1) is 35.1. The van der Waals surface area contributed by atoms with Crippen LogP contribution in [-0.4, -0.2) is 77.3 Å². The molecule has 3 atom stereocenters. The standard InChI is InChI=1S/C36H56N4O5/c1-27(2)20-32(41)35(44)31(21-28-12-6-3-7-13-28)40(24-30-22-37-26-38-30)34(43)17-16-33(42)39(23-29-14-8-4-9-15-29)25-36(45)18-10-5-11-19-36/h4,8-9,14-15,22,26-28,31-32,35,41,44-45H,3,5-7,10-13,16-21,23-25H2,1-2H3,(H,37,38)/t31-,32-,35+/m0/s1. The molecule has 2 fully saturated rings. The average molecular weight is 625 g/mol. The number of amides is 2. The van der Waals surface area contributed by atoms with E-state index in [0.717, 1.165) is 56.2 Å². The lowest BCUT2D eigenvalue weighted by Gasteiger charge is -2.40. The Labute approximate surface area is 269 Å². The zero-order valence-electron chi connectivity index (χ0n) is 27.4. The number of imidazole rings is 1. The molecule has 1 heterocycles. The predicted molar refractivity (Wildman–Crippen MR) is 175 cm³/mol. The summed E-state index contributed by atoms with van der Waals surface area (Å²) in [6.45, 7) is 4.85. The second kappa shape index (κ2) is 17.2. The molecule has 1 aromatic heterocycles. The maximum absolute atomic E-state index is 14.1. The van der Waals surface area contributed by atoms with Gasteiger partial charge in [-0.1, -0.05) is 95.5 Å². The van der Waals surface area contributed by atoms with Crippen LogP contribution in [0.5, 0.6) is 0 Å². The first-order chi connectivity index (χ1) is 21.6. The zero-order valence-corrected chi connectivity index (χ0v) is 27.4. The summed E-state index contributed by atoms with van der Waals surface area (Å²) in [5.41, 5.74) is 0.799. The van der Waals surface area contributed by atoms with Gasteiger partial charge in [0, 0.05) is 32.1 Å². The van der Waals surface area contributed by atoms with E-state index in [9.17, 15) is 24.9 Å². The van der Waals surface area contributed by atoms with Crippen LogP contribution >= 0.6 is 0 Å². The van der Waals surface area contributed by atoms with Gasteiger partial charge >= 0.3 is 0 Å². The summed E-state index contributed by atoms with van der Waals surface area (Å²) in [6.07, 6.45) is 12.1. The molecule has 0 saturated heterocycles. The lowest BCUT2D eigenvalue weighted by Crippen LogP contribution is -2.52. The number of aromatic nitrogens is 2. The molecule has 250 valence electrons. The van der Waals surface area contributed by atoms with Crippen LogP contribution in [-0.2, 0) is 22.7 Å². The molecule has 0 spiro atoms. The molecule has 4 rings (SSSR count). The van der Waals surface area contributed by atoms with Crippen LogP contribution in [0.25, 0.3) is 0 Å². The average Bonchev–Trinajstić information content (AvgIpc) is 3.55. The molecule has 4 N–H and O–H groups in total. The number of nitrogens with zero attached hydrogens (tertiary/aromatic N) is 3. The summed E-state index contributed by atoms with van der Waals surface area (Å²) < 4.78 is 0. The number of nitrogens with one attached hydrogen (secondary N) is 1. The summed E-state index contributed by atoms with van der Waals surface area (Å²) in [5.74, 6) is 0.150. The van der Waals surface area contributed by atoms with Crippen molar-refractivity contribution < 1.29 is 24.9 Å². The molecule has 2 amide bonds. The third kappa shape index (κ3) is 10.9. The first-order valence-electron chi connectivity index (χ1n) is 17.3. The summed E-state index contributed by atoms with van der Waals surface area (Å²) in [6, 6.07) is 9.18. The Balaban J connectivity index is 1.53. The van der Waals surface area contributed by atoms with E-state index in [2.05, 4.69) is 9.97 Å². The van der Waals surface area contributed by atoms with Gasteiger partial charge in [-0.25, -0.2) is 4.98 Å². The molecule has 45 heavy (non-hydrogen) atoms. The van der Waals surface area contributed by atoms with Crippen LogP contribution in [0.4, 0.5) is 0 Å². The normalized spacial score (nSPS) is 19.2. The van der Waals surface area contributed by atoms with Gasteiger partial charge in [-0.3, -0.25) is 9.59 Å². The minimum Gasteiger partial charge on any atom is -0.390 e. The van der Waals surface area contributed by atoms with Crippen LogP contribution in [0.1, 0.15) is 115 Å². The Kier molecular flexibility index (Phi) is 13.5. The van der Waals surface area contributed by atoms with Gasteiger partial charge in [0.2, 0.25) is 11.8 Å². The van der Waals surface area contributed by atoms with E-state index in [1.54, 1.807) is 22.3 Å². The number of carbonyl (C=O) groups is 2. The number of carbonyl (C=O) groups excluding carboxylic acids is 2. The second-order valence-corrected chi connectivity index (χ2v) is 14.1. The van der Waals surface area contributed by atoms with Crippen molar-refractivity contribution in [2.45, 2.75) is 141 Å². The molecule has 2 aromatic rings. The Morgan fingerprint density at radius 1 is 0.956 bits per heavy atom. The number of aliphatic hydroxyl groups is 3. The van der Waals surface area contributed by atoms with Crippen molar-refractivity contribution in [1.82, 2.24) is 19.8 Å². The van der Waals surface area contributed by atoms with E-state index in [-0.39, 0.29) is 43.7 Å². The molecule has 9 nitrogen and oxygen atoms in total. The van der Waals surface area contributed by atoms with Crippen LogP contribution in [0.3, 0.4) is 0 Å². The minimum atomic E-state index is -1.10. The fraction of sp³-hybridized carbons (Fsp3) is 0.694. The third-order valence-electron chi connectivity index (χ3n) is 9.81. The number of rotatable bonds is 16. The molecule has 0 aliphatic heterocycles. The molecule has 0 unspecified atom stereocenters. The smallest absolute Gasteiger partial charge is 0.223 e. The largest absolute Gasteiger partial charge is 0.390 e. The number of aliphatic hydroxyl groups excluding tert-OH is 2. The van der Waals surface area contributed by atoms with Gasteiger partial charge in [0.15, 0.2) is 0 Å². The molecule has 9 heteroatoms. The van der Waals surface area contributed by atoms with Crippen molar-refractivity contribution in [3.8, 4) is 0 Å². The van der Waals surface area contributed by atoms with Gasteiger partial charge in [0.05, 0.1) is 36.3 Å². The highest BCUT2D eigenvalue weighted by atomic mass is 16.3. The van der Waals surface area contributed by atoms with Crippen LogP contribution < -0.4 is 0 Å². The highest BCUT2D eigenvalue weighted by Crippen LogP contribution is 2.32. The Bertz CT molecular complexity index is 1150. The number of hydrogen-bond donors (Lipinski definition) is 4. The van der Waals surface area contributed by atoms with Crippen LogP contribution in [0, 0.1) is 11.8 Å². The van der Waals surface area contributed by atoms with E-state index in [1.165, 1.54) is 6.42 Å². The van der Waals surface area contributed by atoms with Crippen LogP contribution in [0.2, 0.25) is 0 Å². The van der Waals surface area contributed by atoms with E-state index >= 15 is 0 Å². The minimum absolute atomic E-state index is 0.00200. The van der Waals surface area contributed by atoms with Crippen molar-refractivity contribution in [2.24, 2.45) is 11.8 Å². The molecule has 0 bridgehead atoms. The molecular weight excluding hydrogens is 568 g/mol. The van der Waals surface area contributed by atoms with Gasteiger partial charge in [-0.2, -0.15) is 0 Å². The number of aromatic amines is 1. The second-order valence-electron chi connectivity index (χ2n) is 14.1. The Morgan fingerprint density at radius 2 is 1.62 bits per heavy atom. The van der Waals surface area contributed by atoms with Gasteiger partial charge in [0.25, 0.3) is 0 Å². The van der Waals surface area contributed by atoms with Gasteiger partial charge < -0.3 is 30.1 Å². The van der Waals surface area contributed by atoms with E-state index in [1.807, 2.05) is 44.2 Å². The number of benzene rings is 1. The van der Waals surface area contributed by atoms with E-state index in [0.29, 0.717) is 38.1 Å². The molecule has 2 aliphatic rings. The summed E-state index contributed by atoms with van der Waals surface area (Å²) in [7, 11) is 0. The number of hydrogen-bond acceptors (Lipinski definition) is 6. The van der Waals surface area contributed by atoms with Crippen molar-refractivity contribution in [1.29, 1.82) is 0 Å². The topological polar surface area (TPSA) is 130 Å². The van der Waals surface area contributed by atoms with E-state index in [4.69, 9.17) is 0 Å². The fourth-order valence-corrected chi connectivity index (χ4v) is 7.31. The summed E-state index contributed by atoms with van der Waals surface area (Å²) >= 11 is 0. The van der Waals surface area contributed by atoms with Crippen molar-refractivity contribution >= 4 is 11.8 Å². The quantitative estimate of drug-likeness (QED) is 0.199. The summed E-state index contributed by atoms with van der Waals surface area (Å²) in [4.78, 5) is 38.5. The van der Waals surface area contributed by atoms with Crippen molar-refractivity contribution in [2.75, 3.05) is 6.54 Å². The monoisotopic (exact) mass is 624 g/mol. The molecular formula is C36H56N4O5. The number of H-pyrrole nitrogens is 1. The molecule has 2 aliphatic carbocycles. The SMILES string of the molecule is CC(C)C[C@H](O)[C@H](O)[C@H](CC1CCCCC1)N(Cc1cnc[nH]1)C(=O)CCC(=O)N(Cc1ccccc1)CC1(O)CCCCC1. The Hall–Kier alpha value is -2.75. The van der Waals surface area contributed by atoms with E-state index < -0.39 is 23.9 Å². The first-order valence-corrected chi connectivity index (χ1v) is 17.3. The maximum atomic E-state index is 14.1. The predicted octanol–water partition coefficient (Wildman–Crippen LogP) is 5.35. The van der Waals surface area contributed by atoms with Gasteiger partial charge in [-0.05, 0) is 43.1 Å². The third-order valence-corrected chi connectivity index (χ3v) is 9.81. The lowest BCUT2D eigenvalue weighted by atomic mass is 9.81. The zero-order chi connectivity index (χ0) is 32.2. The summed E-state index contributed by atoms with van der Waals surface area (Å²) in [5, 5.41) is 34.0. The molecule has 0 radical (unpaired) electrons.